The third-order valence-electron chi connectivity index (χ3n) is 6.66. The Morgan fingerprint density at radius 3 is 2.04 bits per heavy atom. The molecule has 0 aromatic rings. The lowest BCUT2D eigenvalue weighted by atomic mass is 9.65. The van der Waals surface area contributed by atoms with Gasteiger partial charge in [0.1, 0.15) is 0 Å². The van der Waals surface area contributed by atoms with E-state index in [-0.39, 0.29) is 30.7 Å². The highest BCUT2D eigenvalue weighted by Gasteiger charge is 2.42. The van der Waals surface area contributed by atoms with Crippen LogP contribution >= 0.6 is 24.8 Å². The Kier molecular flexibility index (Phi) is 7.24. The molecule has 1 saturated heterocycles. The van der Waals surface area contributed by atoms with Crippen LogP contribution in [0, 0.1) is 23.7 Å². The summed E-state index contributed by atoms with van der Waals surface area (Å²) in [5, 5.41) is 0. The van der Waals surface area contributed by atoms with Gasteiger partial charge in [-0.1, -0.05) is 6.42 Å². The predicted molar refractivity (Wildman–Crippen MR) is 102 cm³/mol. The lowest BCUT2D eigenvalue weighted by molar-refractivity contribution is -0.140. The number of rotatable bonds is 3. The molecule has 1 aliphatic heterocycles. The lowest BCUT2D eigenvalue weighted by Gasteiger charge is -2.45. The van der Waals surface area contributed by atoms with Gasteiger partial charge < -0.3 is 10.6 Å². The molecule has 4 nitrogen and oxygen atoms in total. The summed E-state index contributed by atoms with van der Waals surface area (Å²) in [4.78, 5) is 17.6. The fourth-order valence-electron chi connectivity index (χ4n) is 5.07. The van der Waals surface area contributed by atoms with E-state index in [4.69, 9.17) is 5.73 Å². The summed E-state index contributed by atoms with van der Waals surface area (Å²) in [6.07, 6.45) is 8.77. The molecule has 24 heavy (non-hydrogen) atoms. The number of nitrogens with zero attached hydrogens (tertiary/aromatic N) is 2. The van der Waals surface area contributed by atoms with Crippen LogP contribution in [0.15, 0.2) is 0 Å². The van der Waals surface area contributed by atoms with Crippen molar-refractivity contribution < 1.29 is 4.79 Å². The Morgan fingerprint density at radius 1 is 0.917 bits per heavy atom. The summed E-state index contributed by atoms with van der Waals surface area (Å²) in [7, 11) is 0. The monoisotopic (exact) mass is 377 g/mol. The molecule has 3 saturated carbocycles. The average molecular weight is 378 g/mol. The van der Waals surface area contributed by atoms with Crippen LogP contribution in [0.25, 0.3) is 0 Å². The minimum Gasteiger partial charge on any atom is -0.340 e. The summed E-state index contributed by atoms with van der Waals surface area (Å²) in [6, 6.07) is 0.369. The number of amides is 1. The molecule has 0 aromatic carbocycles. The van der Waals surface area contributed by atoms with E-state index in [9.17, 15) is 4.79 Å². The molecule has 4 fully saturated rings. The molecule has 2 bridgehead atoms. The zero-order valence-corrected chi connectivity index (χ0v) is 16.2. The predicted octanol–water partition coefficient (Wildman–Crippen LogP) is 2.54. The first-order valence-corrected chi connectivity index (χ1v) is 9.47. The summed E-state index contributed by atoms with van der Waals surface area (Å²) in [5.41, 5.74) is 6.36. The third-order valence-corrected chi connectivity index (χ3v) is 6.66. The van der Waals surface area contributed by atoms with E-state index in [2.05, 4.69) is 9.80 Å². The SMILES string of the molecule is Cl.Cl.NC1C2CCCC1CC(C(=O)N1CCN(CC3CC3)CC1)C2. The lowest BCUT2D eigenvalue weighted by Crippen LogP contribution is -2.53. The highest BCUT2D eigenvalue weighted by molar-refractivity contribution is 5.85. The molecule has 4 aliphatic rings. The van der Waals surface area contributed by atoms with E-state index >= 15 is 0 Å². The zero-order valence-electron chi connectivity index (χ0n) is 14.6. The van der Waals surface area contributed by atoms with Crippen molar-refractivity contribution in [2.45, 2.75) is 51.0 Å². The molecule has 0 aromatic heterocycles. The zero-order chi connectivity index (χ0) is 15.1. The second-order valence-electron chi connectivity index (χ2n) is 8.27. The Balaban J connectivity index is 0.00000104. The second kappa shape index (κ2) is 8.57. The normalized spacial score (nSPS) is 36.5. The van der Waals surface area contributed by atoms with Crippen LogP contribution < -0.4 is 5.73 Å². The molecule has 4 rings (SSSR count). The van der Waals surface area contributed by atoms with Crippen LogP contribution in [0.5, 0.6) is 0 Å². The van der Waals surface area contributed by atoms with Gasteiger partial charge in [0.25, 0.3) is 0 Å². The summed E-state index contributed by atoms with van der Waals surface area (Å²) in [6.45, 7) is 5.33. The first-order valence-electron chi connectivity index (χ1n) is 9.47. The highest BCUT2D eigenvalue weighted by atomic mass is 35.5. The van der Waals surface area contributed by atoms with Gasteiger partial charge in [0.15, 0.2) is 0 Å². The number of carbonyl (C=O) groups excluding carboxylic acids is 1. The van der Waals surface area contributed by atoms with E-state index in [1.54, 1.807) is 0 Å². The van der Waals surface area contributed by atoms with Gasteiger partial charge in [-0.25, -0.2) is 0 Å². The molecule has 1 amide bonds. The van der Waals surface area contributed by atoms with Crippen LogP contribution in [-0.2, 0) is 4.79 Å². The van der Waals surface area contributed by atoms with Crippen molar-refractivity contribution in [1.82, 2.24) is 9.80 Å². The second-order valence-corrected chi connectivity index (χ2v) is 8.27. The summed E-state index contributed by atoms with van der Waals surface area (Å²) >= 11 is 0. The maximum Gasteiger partial charge on any atom is 0.225 e. The van der Waals surface area contributed by atoms with Gasteiger partial charge in [-0.15, -0.1) is 24.8 Å². The van der Waals surface area contributed by atoms with Crippen LogP contribution in [0.1, 0.15) is 44.9 Å². The number of hydrogen-bond acceptors (Lipinski definition) is 3. The van der Waals surface area contributed by atoms with Crippen LogP contribution in [0.2, 0.25) is 0 Å². The first kappa shape index (κ1) is 20.3. The van der Waals surface area contributed by atoms with Gasteiger partial charge in [-0.3, -0.25) is 9.69 Å². The van der Waals surface area contributed by atoms with Crippen molar-refractivity contribution in [2.75, 3.05) is 32.7 Å². The van der Waals surface area contributed by atoms with Crippen LogP contribution in [0.3, 0.4) is 0 Å². The molecule has 2 unspecified atom stereocenters. The molecule has 140 valence electrons. The number of piperazine rings is 1. The quantitative estimate of drug-likeness (QED) is 0.821. The number of hydrogen-bond donors (Lipinski definition) is 1. The van der Waals surface area contributed by atoms with Crippen molar-refractivity contribution in [1.29, 1.82) is 0 Å². The molecule has 0 spiro atoms. The smallest absolute Gasteiger partial charge is 0.225 e. The highest BCUT2D eigenvalue weighted by Crippen LogP contribution is 2.42. The van der Waals surface area contributed by atoms with Gasteiger partial charge in [0.05, 0.1) is 0 Å². The van der Waals surface area contributed by atoms with E-state index in [1.807, 2.05) is 0 Å². The van der Waals surface area contributed by atoms with Gasteiger partial charge in [-0.2, -0.15) is 0 Å². The van der Waals surface area contributed by atoms with Gasteiger partial charge in [0, 0.05) is 44.7 Å². The number of halogens is 2. The van der Waals surface area contributed by atoms with Crippen molar-refractivity contribution in [3.05, 3.63) is 0 Å². The third kappa shape index (κ3) is 4.38. The molecule has 6 heteroatoms. The molecule has 0 radical (unpaired) electrons. The maximum absolute atomic E-state index is 12.9. The van der Waals surface area contributed by atoms with Gasteiger partial charge in [0.2, 0.25) is 5.91 Å². The summed E-state index contributed by atoms with van der Waals surface area (Å²) in [5.74, 6) is 2.89. The maximum atomic E-state index is 12.9. The van der Waals surface area contributed by atoms with Gasteiger partial charge in [-0.05, 0) is 56.3 Å². The van der Waals surface area contributed by atoms with E-state index in [0.717, 1.165) is 44.9 Å². The molecule has 2 atom stereocenters. The molecule has 2 N–H and O–H groups in total. The fraction of sp³-hybridized carbons (Fsp3) is 0.944. The minimum absolute atomic E-state index is 0. The minimum atomic E-state index is 0. The fourth-order valence-corrected chi connectivity index (χ4v) is 5.07. The van der Waals surface area contributed by atoms with Crippen LogP contribution in [-0.4, -0.2) is 54.5 Å². The number of fused-ring (bicyclic) bond motifs is 2. The van der Waals surface area contributed by atoms with Crippen molar-refractivity contribution in [3.63, 3.8) is 0 Å². The van der Waals surface area contributed by atoms with E-state index < -0.39 is 0 Å². The molecule has 3 aliphatic carbocycles. The molecule has 1 heterocycles. The Labute approximate surface area is 158 Å². The largest absolute Gasteiger partial charge is 0.340 e. The topological polar surface area (TPSA) is 49.6 Å². The molecular formula is C18H33Cl2N3O. The van der Waals surface area contributed by atoms with Gasteiger partial charge >= 0.3 is 0 Å². The Bertz CT molecular complexity index is 410. The average Bonchev–Trinajstić information content (AvgIpc) is 3.31. The number of carbonyl (C=O) groups is 1. The standard InChI is InChI=1S/C18H31N3O.2ClH/c19-17-14-2-1-3-15(17)11-16(10-14)18(22)21-8-6-20(7-9-21)12-13-4-5-13;;/h13-17H,1-12,19H2;2*1H. The van der Waals surface area contributed by atoms with E-state index in [0.29, 0.717) is 23.8 Å². The van der Waals surface area contributed by atoms with Crippen molar-refractivity contribution in [2.24, 2.45) is 29.4 Å². The van der Waals surface area contributed by atoms with Crippen molar-refractivity contribution >= 4 is 30.7 Å². The first-order chi connectivity index (χ1) is 10.7. The van der Waals surface area contributed by atoms with E-state index in [1.165, 1.54) is 38.6 Å². The summed E-state index contributed by atoms with van der Waals surface area (Å²) < 4.78 is 0. The Hall–Kier alpha value is -0.0300. The Morgan fingerprint density at radius 2 is 1.50 bits per heavy atom. The van der Waals surface area contributed by atoms with Crippen LogP contribution in [0.4, 0.5) is 0 Å². The van der Waals surface area contributed by atoms with Crippen molar-refractivity contribution in [3.8, 4) is 0 Å². The number of nitrogens with two attached hydrogens (primary N) is 1. The molecular weight excluding hydrogens is 345 g/mol.